The van der Waals surface area contributed by atoms with Crippen molar-refractivity contribution in [3.05, 3.63) is 23.3 Å². The fourth-order valence-electron chi connectivity index (χ4n) is 2.51. The minimum absolute atomic E-state index is 0.356. The van der Waals surface area contributed by atoms with Crippen LogP contribution in [0.1, 0.15) is 36.4 Å². The van der Waals surface area contributed by atoms with Gasteiger partial charge in [-0.2, -0.15) is 0 Å². The molecule has 0 aromatic heterocycles. The zero-order chi connectivity index (χ0) is 12.3. The standard InChI is InChI=1S/C14H21NO2/c1-10-8-12(16-2)14(13(9-10)17-3)11-6-4-5-7-15-11/h8-9,11,15H,4-7H2,1-3H3/t11-/m0/s1. The van der Waals surface area contributed by atoms with E-state index < -0.39 is 0 Å². The van der Waals surface area contributed by atoms with E-state index in [1.165, 1.54) is 24.0 Å². The summed E-state index contributed by atoms with van der Waals surface area (Å²) in [6, 6.07) is 4.51. The van der Waals surface area contributed by atoms with Crippen molar-refractivity contribution in [3.8, 4) is 11.5 Å². The van der Waals surface area contributed by atoms with Gasteiger partial charge in [0.25, 0.3) is 0 Å². The van der Waals surface area contributed by atoms with Crippen LogP contribution in [0.15, 0.2) is 12.1 Å². The van der Waals surface area contributed by atoms with Crippen molar-refractivity contribution in [1.82, 2.24) is 5.32 Å². The molecule has 1 aromatic carbocycles. The maximum atomic E-state index is 5.50. The lowest BCUT2D eigenvalue weighted by molar-refractivity contribution is 0.348. The molecule has 1 heterocycles. The fourth-order valence-corrected chi connectivity index (χ4v) is 2.51. The molecule has 0 amide bonds. The molecule has 1 N–H and O–H groups in total. The average molecular weight is 235 g/mol. The Morgan fingerprint density at radius 1 is 1.12 bits per heavy atom. The van der Waals surface area contributed by atoms with Crippen LogP contribution in [0.25, 0.3) is 0 Å². The highest BCUT2D eigenvalue weighted by atomic mass is 16.5. The molecule has 0 unspecified atom stereocenters. The Labute approximate surface area is 103 Å². The predicted octanol–water partition coefficient (Wildman–Crippen LogP) is 2.83. The number of rotatable bonds is 3. The summed E-state index contributed by atoms with van der Waals surface area (Å²) < 4.78 is 11.0. The molecule has 3 heteroatoms. The Kier molecular flexibility index (Phi) is 3.89. The zero-order valence-electron chi connectivity index (χ0n) is 10.9. The summed E-state index contributed by atoms with van der Waals surface area (Å²) in [6.07, 6.45) is 3.67. The summed E-state index contributed by atoms with van der Waals surface area (Å²) in [6.45, 7) is 3.13. The summed E-state index contributed by atoms with van der Waals surface area (Å²) in [4.78, 5) is 0. The Morgan fingerprint density at radius 2 is 1.76 bits per heavy atom. The van der Waals surface area contributed by atoms with Gasteiger partial charge in [-0.1, -0.05) is 6.42 Å². The van der Waals surface area contributed by atoms with Crippen molar-refractivity contribution in [2.24, 2.45) is 0 Å². The largest absolute Gasteiger partial charge is 0.496 e. The van der Waals surface area contributed by atoms with Gasteiger partial charge in [0, 0.05) is 6.04 Å². The Balaban J connectivity index is 2.41. The van der Waals surface area contributed by atoms with Crippen LogP contribution in [0, 0.1) is 6.92 Å². The number of hydrogen-bond acceptors (Lipinski definition) is 3. The molecule has 1 fully saturated rings. The van der Waals surface area contributed by atoms with Crippen molar-refractivity contribution in [1.29, 1.82) is 0 Å². The van der Waals surface area contributed by atoms with Gasteiger partial charge in [0.05, 0.1) is 19.8 Å². The fraction of sp³-hybridized carbons (Fsp3) is 0.571. The van der Waals surface area contributed by atoms with Crippen molar-refractivity contribution in [3.63, 3.8) is 0 Å². The summed E-state index contributed by atoms with van der Waals surface area (Å²) in [5.41, 5.74) is 2.33. The molecule has 1 atom stereocenters. The first-order valence-electron chi connectivity index (χ1n) is 6.22. The number of hydrogen-bond donors (Lipinski definition) is 1. The van der Waals surface area contributed by atoms with Crippen LogP contribution >= 0.6 is 0 Å². The third kappa shape index (κ3) is 2.55. The maximum Gasteiger partial charge on any atom is 0.127 e. The molecule has 0 spiro atoms. The second-order valence-electron chi connectivity index (χ2n) is 4.59. The smallest absolute Gasteiger partial charge is 0.127 e. The molecule has 2 rings (SSSR count). The predicted molar refractivity (Wildman–Crippen MR) is 68.9 cm³/mol. The van der Waals surface area contributed by atoms with Crippen molar-refractivity contribution < 1.29 is 9.47 Å². The molecule has 1 aliphatic heterocycles. The lowest BCUT2D eigenvalue weighted by Crippen LogP contribution is -2.27. The van der Waals surface area contributed by atoms with E-state index in [1.54, 1.807) is 14.2 Å². The highest BCUT2D eigenvalue weighted by Gasteiger charge is 2.22. The van der Waals surface area contributed by atoms with Crippen LogP contribution in [0.4, 0.5) is 0 Å². The van der Waals surface area contributed by atoms with Gasteiger partial charge in [-0.3, -0.25) is 0 Å². The van der Waals surface area contributed by atoms with E-state index in [2.05, 4.69) is 24.4 Å². The molecule has 1 aromatic rings. The van der Waals surface area contributed by atoms with E-state index in [0.717, 1.165) is 24.5 Å². The van der Waals surface area contributed by atoms with Gasteiger partial charge in [-0.15, -0.1) is 0 Å². The van der Waals surface area contributed by atoms with Crippen LogP contribution in [0.3, 0.4) is 0 Å². The van der Waals surface area contributed by atoms with Gasteiger partial charge >= 0.3 is 0 Å². The third-order valence-corrected chi connectivity index (χ3v) is 3.35. The van der Waals surface area contributed by atoms with Gasteiger partial charge in [0.15, 0.2) is 0 Å². The van der Waals surface area contributed by atoms with Crippen LogP contribution in [-0.4, -0.2) is 20.8 Å². The molecule has 1 saturated heterocycles. The average Bonchev–Trinajstić information content (AvgIpc) is 2.38. The van der Waals surface area contributed by atoms with Crippen LogP contribution in [0.2, 0.25) is 0 Å². The molecule has 3 nitrogen and oxygen atoms in total. The molecule has 0 radical (unpaired) electrons. The molecule has 0 aliphatic carbocycles. The monoisotopic (exact) mass is 235 g/mol. The highest BCUT2D eigenvalue weighted by molar-refractivity contribution is 5.49. The van der Waals surface area contributed by atoms with Crippen molar-refractivity contribution >= 4 is 0 Å². The zero-order valence-corrected chi connectivity index (χ0v) is 10.9. The molecule has 94 valence electrons. The molecular weight excluding hydrogens is 214 g/mol. The lowest BCUT2D eigenvalue weighted by Gasteiger charge is -2.27. The summed E-state index contributed by atoms with van der Waals surface area (Å²) in [5, 5.41) is 3.54. The first kappa shape index (κ1) is 12.2. The molecular formula is C14H21NO2. The van der Waals surface area contributed by atoms with Gasteiger partial charge in [0.1, 0.15) is 11.5 Å². The summed E-state index contributed by atoms with van der Waals surface area (Å²) in [7, 11) is 3.45. The number of benzene rings is 1. The highest BCUT2D eigenvalue weighted by Crippen LogP contribution is 2.38. The quantitative estimate of drug-likeness (QED) is 0.874. The number of nitrogens with one attached hydrogen (secondary N) is 1. The first-order chi connectivity index (χ1) is 8.26. The maximum absolute atomic E-state index is 5.50. The van der Waals surface area contributed by atoms with E-state index in [9.17, 15) is 0 Å². The third-order valence-electron chi connectivity index (χ3n) is 3.35. The number of piperidine rings is 1. The second-order valence-corrected chi connectivity index (χ2v) is 4.59. The Bertz CT molecular complexity index is 359. The van der Waals surface area contributed by atoms with Gasteiger partial charge < -0.3 is 14.8 Å². The molecule has 0 bridgehead atoms. The van der Waals surface area contributed by atoms with Crippen LogP contribution in [0.5, 0.6) is 11.5 Å². The summed E-state index contributed by atoms with van der Waals surface area (Å²) in [5.74, 6) is 1.86. The topological polar surface area (TPSA) is 30.5 Å². The Hall–Kier alpha value is -1.22. The van der Waals surface area contributed by atoms with Gasteiger partial charge in [-0.05, 0) is 44.0 Å². The normalized spacial score (nSPS) is 20.1. The lowest BCUT2D eigenvalue weighted by atomic mass is 9.95. The van der Waals surface area contributed by atoms with E-state index in [4.69, 9.17) is 9.47 Å². The molecule has 1 aliphatic rings. The minimum Gasteiger partial charge on any atom is -0.496 e. The van der Waals surface area contributed by atoms with Crippen molar-refractivity contribution in [2.45, 2.75) is 32.2 Å². The number of methoxy groups -OCH3 is 2. The van der Waals surface area contributed by atoms with Gasteiger partial charge in [-0.25, -0.2) is 0 Å². The van der Waals surface area contributed by atoms with Crippen LogP contribution < -0.4 is 14.8 Å². The number of aryl methyl sites for hydroxylation is 1. The van der Waals surface area contributed by atoms with Crippen LogP contribution in [-0.2, 0) is 0 Å². The van der Waals surface area contributed by atoms with Gasteiger partial charge in [0.2, 0.25) is 0 Å². The van der Waals surface area contributed by atoms with E-state index >= 15 is 0 Å². The molecule has 0 saturated carbocycles. The summed E-state index contributed by atoms with van der Waals surface area (Å²) >= 11 is 0. The SMILES string of the molecule is COc1cc(C)cc(OC)c1[C@@H]1CCCCN1. The minimum atomic E-state index is 0.356. The van der Waals surface area contributed by atoms with Crippen molar-refractivity contribution in [2.75, 3.05) is 20.8 Å². The van der Waals surface area contributed by atoms with E-state index in [0.29, 0.717) is 6.04 Å². The molecule has 17 heavy (non-hydrogen) atoms. The first-order valence-corrected chi connectivity index (χ1v) is 6.22. The Morgan fingerprint density at radius 3 is 2.24 bits per heavy atom. The van der Waals surface area contributed by atoms with E-state index in [1.807, 2.05) is 0 Å². The second kappa shape index (κ2) is 5.41. The number of ether oxygens (including phenoxy) is 2. The van der Waals surface area contributed by atoms with E-state index in [-0.39, 0.29) is 0 Å².